The predicted octanol–water partition coefficient (Wildman–Crippen LogP) is 3.71. The number of benzene rings is 2. The molecule has 0 aliphatic rings. The van der Waals surface area contributed by atoms with Gasteiger partial charge in [-0.05, 0) is 41.7 Å². The van der Waals surface area contributed by atoms with Crippen LogP contribution in [0.25, 0.3) is 0 Å². The first-order valence-electron chi connectivity index (χ1n) is 8.32. The summed E-state index contributed by atoms with van der Waals surface area (Å²) in [7, 11) is 0. The summed E-state index contributed by atoms with van der Waals surface area (Å²) in [6, 6.07) is 15.3. The van der Waals surface area contributed by atoms with Crippen LogP contribution in [0.4, 0.5) is 10.1 Å². The number of anilines is 1. The van der Waals surface area contributed by atoms with Crippen LogP contribution in [0, 0.1) is 11.7 Å². The summed E-state index contributed by atoms with van der Waals surface area (Å²) in [5.74, 6) is -0.589. The third kappa shape index (κ3) is 6.03. The molecule has 1 atom stereocenters. The molecular weight excluding hydrogens is 319 g/mol. The molecule has 2 N–H and O–H groups in total. The molecule has 2 amide bonds. The van der Waals surface area contributed by atoms with Gasteiger partial charge < -0.3 is 10.6 Å². The maximum atomic E-state index is 13.1. The van der Waals surface area contributed by atoms with E-state index in [1.54, 1.807) is 24.3 Å². The number of carbonyl (C=O) groups is 2. The van der Waals surface area contributed by atoms with Crippen LogP contribution in [0.15, 0.2) is 54.6 Å². The van der Waals surface area contributed by atoms with E-state index >= 15 is 0 Å². The van der Waals surface area contributed by atoms with Crippen molar-refractivity contribution in [1.29, 1.82) is 0 Å². The smallest absolute Gasteiger partial charge is 0.243 e. The van der Waals surface area contributed by atoms with E-state index in [9.17, 15) is 14.0 Å². The van der Waals surface area contributed by atoms with Crippen molar-refractivity contribution < 1.29 is 14.0 Å². The zero-order valence-corrected chi connectivity index (χ0v) is 14.5. The van der Waals surface area contributed by atoms with Crippen LogP contribution >= 0.6 is 0 Å². The van der Waals surface area contributed by atoms with Crippen LogP contribution in [0.2, 0.25) is 0 Å². The standard InChI is InChI=1S/C20H23FN2O2/c1-14(2)18(15-8-10-16(21)11-9-15)12-19(24)22-13-20(25)23-17-6-4-3-5-7-17/h3-11,14,18H,12-13H2,1-2H3,(H,22,24)(H,23,25). The number of para-hydroxylation sites is 1. The lowest BCUT2D eigenvalue weighted by Gasteiger charge is -2.21. The monoisotopic (exact) mass is 342 g/mol. The summed E-state index contributed by atoms with van der Waals surface area (Å²) in [6.45, 7) is 3.95. The Bertz CT molecular complexity index is 699. The van der Waals surface area contributed by atoms with E-state index < -0.39 is 0 Å². The van der Waals surface area contributed by atoms with E-state index in [-0.39, 0.29) is 42.4 Å². The predicted molar refractivity (Wildman–Crippen MR) is 96.7 cm³/mol. The number of hydrogen-bond donors (Lipinski definition) is 2. The van der Waals surface area contributed by atoms with Crippen molar-refractivity contribution >= 4 is 17.5 Å². The van der Waals surface area contributed by atoms with Gasteiger partial charge in [0.25, 0.3) is 0 Å². The fourth-order valence-electron chi connectivity index (χ4n) is 2.63. The van der Waals surface area contributed by atoms with Gasteiger partial charge in [0.05, 0.1) is 6.54 Å². The van der Waals surface area contributed by atoms with Crippen molar-refractivity contribution in [2.75, 3.05) is 11.9 Å². The van der Waals surface area contributed by atoms with Crippen molar-refractivity contribution in [3.05, 3.63) is 66.0 Å². The summed E-state index contributed by atoms with van der Waals surface area (Å²) in [4.78, 5) is 24.1. The zero-order valence-electron chi connectivity index (χ0n) is 14.5. The Morgan fingerprint density at radius 1 is 0.960 bits per heavy atom. The van der Waals surface area contributed by atoms with Gasteiger partial charge in [0, 0.05) is 12.1 Å². The minimum absolute atomic E-state index is 0.0298. The maximum Gasteiger partial charge on any atom is 0.243 e. The van der Waals surface area contributed by atoms with Crippen LogP contribution in [0.3, 0.4) is 0 Å². The van der Waals surface area contributed by atoms with Crippen LogP contribution in [-0.4, -0.2) is 18.4 Å². The van der Waals surface area contributed by atoms with E-state index in [0.29, 0.717) is 5.69 Å². The summed E-state index contributed by atoms with van der Waals surface area (Å²) in [5, 5.41) is 5.36. The second-order valence-electron chi connectivity index (χ2n) is 6.30. The molecule has 25 heavy (non-hydrogen) atoms. The molecule has 0 heterocycles. The molecule has 0 spiro atoms. The molecule has 2 rings (SSSR count). The Morgan fingerprint density at radius 2 is 1.60 bits per heavy atom. The summed E-state index contributed by atoms with van der Waals surface area (Å²) >= 11 is 0. The average Bonchev–Trinajstić information content (AvgIpc) is 2.59. The van der Waals surface area contributed by atoms with Gasteiger partial charge >= 0.3 is 0 Å². The maximum absolute atomic E-state index is 13.1. The van der Waals surface area contributed by atoms with E-state index in [2.05, 4.69) is 10.6 Å². The molecule has 2 aromatic rings. The Labute approximate surface area is 147 Å². The topological polar surface area (TPSA) is 58.2 Å². The van der Waals surface area contributed by atoms with Gasteiger partial charge in [-0.25, -0.2) is 4.39 Å². The minimum atomic E-state index is -0.298. The molecular formula is C20H23FN2O2. The lowest BCUT2D eigenvalue weighted by molar-refractivity contribution is -0.124. The Morgan fingerprint density at radius 3 is 2.20 bits per heavy atom. The van der Waals surface area contributed by atoms with Gasteiger partial charge in [-0.3, -0.25) is 9.59 Å². The average molecular weight is 342 g/mol. The molecule has 0 bridgehead atoms. The van der Waals surface area contributed by atoms with Gasteiger partial charge in [-0.2, -0.15) is 0 Å². The lowest BCUT2D eigenvalue weighted by atomic mass is 9.85. The summed E-state index contributed by atoms with van der Waals surface area (Å²) < 4.78 is 13.1. The number of rotatable bonds is 7. The zero-order chi connectivity index (χ0) is 18.2. The second kappa shape index (κ2) is 8.97. The highest BCUT2D eigenvalue weighted by atomic mass is 19.1. The number of carbonyl (C=O) groups excluding carboxylic acids is 2. The third-order valence-corrected chi connectivity index (χ3v) is 4.01. The summed E-state index contributed by atoms with van der Waals surface area (Å²) in [6.07, 6.45) is 0.252. The van der Waals surface area contributed by atoms with Crippen LogP contribution < -0.4 is 10.6 Å². The fourth-order valence-corrected chi connectivity index (χ4v) is 2.63. The third-order valence-electron chi connectivity index (χ3n) is 4.01. The molecule has 132 valence electrons. The molecule has 1 unspecified atom stereocenters. The quantitative estimate of drug-likeness (QED) is 0.806. The molecule has 4 nitrogen and oxygen atoms in total. The van der Waals surface area contributed by atoms with Gasteiger partial charge in [0.2, 0.25) is 11.8 Å². The van der Waals surface area contributed by atoms with Crippen molar-refractivity contribution in [3.8, 4) is 0 Å². The number of amides is 2. The highest BCUT2D eigenvalue weighted by Gasteiger charge is 2.20. The van der Waals surface area contributed by atoms with Crippen LogP contribution in [0.1, 0.15) is 31.7 Å². The Kier molecular flexibility index (Phi) is 6.69. The number of nitrogens with one attached hydrogen (secondary N) is 2. The number of hydrogen-bond acceptors (Lipinski definition) is 2. The van der Waals surface area contributed by atoms with Crippen molar-refractivity contribution in [1.82, 2.24) is 5.32 Å². The molecule has 0 radical (unpaired) electrons. The second-order valence-corrected chi connectivity index (χ2v) is 6.30. The van der Waals surface area contributed by atoms with Gasteiger partial charge in [0.1, 0.15) is 5.82 Å². The van der Waals surface area contributed by atoms with Crippen molar-refractivity contribution in [3.63, 3.8) is 0 Å². The molecule has 0 aliphatic carbocycles. The fraction of sp³-hybridized carbons (Fsp3) is 0.300. The van der Waals surface area contributed by atoms with E-state index in [0.717, 1.165) is 5.56 Å². The SMILES string of the molecule is CC(C)C(CC(=O)NCC(=O)Nc1ccccc1)c1ccc(F)cc1. The summed E-state index contributed by atoms with van der Waals surface area (Å²) in [5.41, 5.74) is 1.61. The largest absolute Gasteiger partial charge is 0.347 e. The van der Waals surface area contributed by atoms with Crippen LogP contribution in [-0.2, 0) is 9.59 Å². The molecule has 0 saturated heterocycles. The molecule has 0 aliphatic heterocycles. The molecule has 2 aromatic carbocycles. The first-order valence-corrected chi connectivity index (χ1v) is 8.32. The van der Waals surface area contributed by atoms with Crippen molar-refractivity contribution in [2.24, 2.45) is 5.92 Å². The van der Waals surface area contributed by atoms with Crippen LogP contribution in [0.5, 0.6) is 0 Å². The van der Waals surface area contributed by atoms with Gasteiger partial charge in [0.15, 0.2) is 0 Å². The molecule has 5 heteroatoms. The normalized spacial score (nSPS) is 11.8. The first kappa shape index (κ1) is 18.6. The lowest BCUT2D eigenvalue weighted by Crippen LogP contribution is -2.34. The first-order chi connectivity index (χ1) is 12.0. The van der Waals surface area contributed by atoms with Gasteiger partial charge in [-0.1, -0.05) is 44.2 Å². The van der Waals surface area contributed by atoms with Crippen molar-refractivity contribution in [2.45, 2.75) is 26.2 Å². The highest BCUT2D eigenvalue weighted by molar-refractivity contribution is 5.94. The molecule has 0 fully saturated rings. The van der Waals surface area contributed by atoms with E-state index in [1.165, 1.54) is 12.1 Å². The van der Waals surface area contributed by atoms with Gasteiger partial charge in [-0.15, -0.1) is 0 Å². The molecule has 0 saturated carbocycles. The Hall–Kier alpha value is -2.69. The number of halogens is 1. The molecule has 0 aromatic heterocycles. The minimum Gasteiger partial charge on any atom is -0.347 e. The highest BCUT2D eigenvalue weighted by Crippen LogP contribution is 2.27. The van der Waals surface area contributed by atoms with E-state index in [1.807, 2.05) is 32.0 Å². The van der Waals surface area contributed by atoms with E-state index in [4.69, 9.17) is 0 Å². The Balaban J connectivity index is 1.86.